The molecule has 0 aromatic heterocycles. The van der Waals surface area contributed by atoms with Crippen LogP contribution in [0.25, 0.3) is 0 Å². The lowest BCUT2D eigenvalue weighted by molar-refractivity contribution is 0.0472. The predicted octanol–water partition coefficient (Wildman–Crippen LogP) is 5.60. The van der Waals surface area contributed by atoms with E-state index >= 15 is 0 Å². The fourth-order valence-corrected chi connectivity index (χ4v) is 4.99. The van der Waals surface area contributed by atoms with Gasteiger partial charge in [0.1, 0.15) is 11.5 Å². The first-order valence-corrected chi connectivity index (χ1v) is 11.8. The van der Waals surface area contributed by atoms with Gasteiger partial charge >= 0.3 is 5.97 Å². The Morgan fingerprint density at radius 1 is 1.06 bits per heavy atom. The van der Waals surface area contributed by atoms with Crippen LogP contribution in [-0.4, -0.2) is 20.9 Å². The van der Waals surface area contributed by atoms with Gasteiger partial charge in [-0.15, -0.1) is 6.58 Å². The van der Waals surface area contributed by atoms with Crippen molar-refractivity contribution in [1.29, 1.82) is 5.26 Å². The third-order valence-electron chi connectivity index (χ3n) is 4.60. The third-order valence-corrected chi connectivity index (χ3v) is 7.12. The maximum absolute atomic E-state index is 13.4. The van der Waals surface area contributed by atoms with Crippen LogP contribution in [0.5, 0.6) is 0 Å². The van der Waals surface area contributed by atoms with Gasteiger partial charge in [0.2, 0.25) is 0 Å². The molecule has 0 N–H and O–H groups in total. The van der Waals surface area contributed by atoms with Gasteiger partial charge in [0.05, 0.1) is 34.5 Å². The number of benzene rings is 3. The molecule has 0 unspecified atom stereocenters. The van der Waals surface area contributed by atoms with Crippen LogP contribution in [0.3, 0.4) is 0 Å². The second-order valence-corrected chi connectivity index (χ2v) is 9.51. The molecule has 0 atom stereocenters. The van der Waals surface area contributed by atoms with Gasteiger partial charge in [-0.1, -0.05) is 41.4 Å². The molecule has 3 aromatic rings. The number of ether oxygens (including phenoxy) is 1. The molecule has 0 spiro atoms. The number of esters is 1. The lowest BCUT2D eigenvalue weighted by atomic mass is 10.1. The Morgan fingerprint density at radius 2 is 1.73 bits per heavy atom. The van der Waals surface area contributed by atoms with Crippen molar-refractivity contribution in [3.8, 4) is 6.07 Å². The maximum Gasteiger partial charge on any atom is 0.338 e. The highest BCUT2D eigenvalue weighted by molar-refractivity contribution is 7.93. The highest BCUT2D eigenvalue weighted by Gasteiger charge is 2.28. The smallest absolute Gasteiger partial charge is 0.338 e. The molecule has 168 valence electrons. The molecule has 0 bridgehead atoms. The zero-order chi connectivity index (χ0) is 24.0. The standard InChI is InChI=1S/C24H18Cl2N2O4S/c1-2-13-28(21-10-8-20(25)9-11-21)33(30,31)23-14-19(7-12-22(23)26)24(29)32-16-18-5-3-17(15-27)4-6-18/h2-12,14H,1,13,16H2. The minimum atomic E-state index is -4.14. The zero-order valence-corrected chi connectivity index (χ0v) is 19.6. The molecular weight excluding hydrogens is 483 g/mol. The average Bonchev–Trinajstić information content (AvgIpc) is 2.82. The largest absolute Gasteiger partial charge is 0.457 e. The molecule has 3 aromatic carbocycles. The number of carbonyl (C=O) groups excluding carboxylic acids is 1. The van der Waals surface area contributed by atoms with Crippen molar-refractivity contribution in [3.63, 3.8) is 0 Å². The maximum atomic E-state index is 13.4. The van der Waals surface area contributed by atoms with Crippen molar-refractivity contribution in [3.05, 3.63) is 106 Å². The highest BCUT2D eigenvalue weighted by Crippen LogP contribution is 2.30. The molecule has 3 rings (SSSR count). The summed E-state index contributed by atoms with van der Waals surface area (Å²) in [7, 11) is -4.14. The quantitative estimate of drug-likeness (QED) is 0.296. The highest BCUT2D eigenvalue weighted by atomic mass is 35.5. The third kappa shape index (κ3) is 5.74. The first-order chi connectivity index (χ1) is 15.8. The van der Waals surface area contributed by atoms with E-state index in [9.17, 15) is 13.2 Å². The van der Waals surface area contributed by atoms with Crippen LogP contribution in [0.2, 0.25) is 10.0 Å². The number of hydrogen-bond donors (Lipinski definition) is 0. The van der Waals surface area contributed by atoms with Gasteiger partial charge in [-0.05, 0) is 60.2 Å². The van der Waals surface area contributed by atoms with Crippen molar-refractivity contribution < 1.29 is 17.9 Å². The Labute approximate surface area is 202 Å². The van der Waals surface area contributed by atoms with Crippen LogP contribution in [0.1, 0.15) is 21.5 Å². The molecule has 0 aliphatic rings. The van der Waals surface area contributed by atoms with E-state index in [0.29, 0.717) is 21.8 Å². The molecule has 33 heavy (non-hydrogen) atoms. The van der Waals surface area contributed by atoms with E-state index < -0.39 is 16.0 Å². The van der Waals surface area contributed by atoms with Crippen molar-refractivity contribution in [2.75, 3.05) is 10.8 Å². The van der Waals surface area contributed by atoms with Gasteiger partial charge in [0, 0.05) is 5.02 Å². The fourth-order valence-electron chi connectivity index (χ4n) is 2.92. The second kappa shape index (κ2) is 10.5. The molecule has 0 amide bonds. The Hall–Kier alpha value is -3.31. The van der Waals surface area contributed by atoms with Crippen LogP contribution < -0.4 is 4.31 Å². The van der Waals surface area contributed by atoms with Crippen LogP contribution in [0.4, 0.5) is 5.69 Å². The normalized spacial score (nSPS) is 10.8. The molecular formula is C24H18Cl2N2O4S. The van der Waals surface area contributed by atoms with Gasteiger partial charge in [0.15, 0.2) is 0 Å². The minimum Gasteiger partial charge on any atom is -0.457 e. The fraction of sp³-hybridized carbons (Fsp3) is 0.0833. The van der Waals surface area contributed by atoms with Crippen molar-refractivity contribution in [2.24, 2.45) is 0 Å². The Kier molecular flexibility index (Phi) is 7.77. The summed E-state index contributed by atoms with van der Waals surface area (Å²) in [5.41, 5.74) is 1.57. The van der Waals surface area contributed by atoms with Gasteiger partial charge in [-0.2, -0.15) is 5.26 Å². The summed E-state index contributed by atoms with van der Waals surface area (Å²) in [4.78, 5) is 12.3. The van der Waals surface area contributed by atoms with Gasteiger partial charge in [0.25, 0.3) is 10.0 Å². The summed E-state index contributed by atoms with van der Waals surface area (Å²) < 4.78 is 33.3. The predicted molar refractivity (Wildman–Crippen MR) is 128 cm³/mol. The summed E-state index contributed by atoms with van der Waals surface area (Å²) >= 11 is 12.1. The number of anilines is 1. The number of nitrogens with zero attached hydrogens (tertiary/aromatic N) is 2. The second-order valence-electron chi connectivity index (χ2n) is 6.83. The van der Waals surface area contributed by atoms with E-state index in [1.54, 1.807) is 48.5 Å². The number of rotatable bonds is 8. The van der Waals surface area contributed by atoms with Gasteiger partial charge in [-0.3, -0.25) is 4.31 Å². The molecule has 0 aliphatic carbocycles. The van der Waals surface area contributed by atoms with Crippen LogP contribution >= 0.6 is 23.2 Å². The molecule has 0 saturated heterocycles. The first kappa shape index (κ1) is 24.3. The van der Waals surface area contributed by atoms with Crippen LogP contribution in [-0.2, 0) is 21.4 Å². The van der Waals surface area contributed by atoms with Crippen molar-refractivity contribution in [1.82, 2.24) is 0 Å². The summed E-state index contributed by atoms with van der Waals surface area (Å²) in [5.74, 6) is -0.714. The average molecular weight is 501 g/mol. The molecule has 0 saturated carbocycles. The number of carbonyl (C=O) groups is 1. The Balaban J connectivity index is 1.88. The molecule has 6 nitrogen and oxygen atoms in total. The Bertz CT molecular complexity index is 1320. The molecule has 0 fully saturated rings. The SMILES string of the molecule is C=CCN(c1ccc(Cl)cc1)S(=O)(=O)c1cc(C(=O)OCc2ccc(C#N)cc2)ccc1Cl. The van der Waals surface area contributed by atoms with E-state index in [-0.39, 0.29) is 28.6 Å². The molecule has 0 radical (unpaired) electrons. The lowest BCUT2D eigenvalue weighted by Crippen LogP contribution is -2.31. The van der Waals surface area contributed by atoms with E-state index in [1.165, 1.54) is 24.3 Å². The van der Waals surface area contributed by atoms with Crippen LogP contribution in [0, 0.1) is 11.3 Å². The number of hydrogen-bond acceptors (Lipinski definition) is 5. The monoisotopic (exact) mass is 500 g/mol. The first-order valence-electron chi connectivity index (χ1n) is 9.61. The topological polar surface area (TPSA) is 87.5 Å². The molecule has 0 aliphatic heterocycles. The number of nitriles is 1. The molecule has 9 heteroatoms. The van der Waals surface area contributed by atoms with E-state index in [1.807, 2.05) is 6.07 Å². The van der Waals surface area contributed by atoms with E-state index in [4.69, 9.17) is 33.2 Å². The van der Waals surface area contributed by atoms with E-state index in [2.05, 4.69) is 6.58 Å². The lowest BCUT2D eigenvalue weighted by Gasteiger charge is -2.24. The summed E-state index contributed by atoms with van der Waals surface area (Å²) in [5, 5.41) is 9.27. The minimum absolute atomic E-state index is 0.0202. The summed E-state index contributed by atoms with van der Waals surface area (Å²) in [6, 6.07) is 18.7. The number of sulfonamides is 1. The van der Waals surface area contributed by atoms with Gasteiger partial charge in [-0.25, -0.2) is 13.2 Å². The Morgan fingerprint density at radius 3 is 2.33 bits per heavy atom. The van der Waals surface area contributed by atoms with E-state index in [0.717, 1.165) is 4.31 Å². The van der Waals surface area contributed by atoms with Crippen LogP contribution in [0.15, 0.2) is 84.3 Å². The summed E-state index contributed by atoms with van der Waals surface area (Å²) in [6.45, 7) is 3.57. The number of halogens is 2. The molecule has 0 heterocycles. The zero-order valence-electron chi connectivity index (χ0n) is 17.2. The van der Waals surface area contributed by atoms with Crippen molar-refractivity contribution >= 4 is 44.9 Å². The van der Waals surface area contributed by atoms with Gasteiger partial charge < -0.3 is 4.74 Å². The summed E-state index contributed by atoms with van der Waals surface area (Å²) in [6.07, 6.45) is 1.44. The van der Waals surface area contributed by atoms with Crippen molar-refractivity contribution in [2.45, 2.75) is 11.5 Å².